The molecule has 21 heavy (non-hydrogen) atoms. The lowest BCUT2D eigenvalue weighted by Gasteiger charge is -2.04. The molecule has 0 aliphatic rings. The van der Waals surface area contributed by atoms with Crippen molar-refractivity contribution in [1.82, 2.24) is 0 Å². The number of rotatable bonds is 5. The summed E-state index contributed by atoms with van der Waals surface area (Å²) >= 11 is 0. The molecule has 0 aliphatic carbocycles. The Balaban J connectivity index is 2.14. The molecule has 0 aromatic heterocycles. The molecule has 0 amide bonds. The predicted molar refractivity (Wildman–Crippen MR) is 85.3 cm³/mol. The lowest BCUT2D eigenvalue weighted by atomic mass is 10.1. The Morgan fingerprint density at radius 3 is 2.33 bits per heavy atom. The molecular weight excluding hydrogens is 264 g/mol. The summed E-state index contributed by atoms with van der Waals surface area (Å²) < 4.78 is 5.38. The highest BCUT2D eigenvalue weighted by Crippen LogP contribution is 2.14. The van der Waals surface area contributed by atoms with Crippen molar-refractivity contribution < 1.29 is 9.94 Å². The summed E-state index contributed by atoms with van der Waals surface area (Å²) in [6, 6.07) is 15.1. The topological polar surface area (TPSA) is 54.2 Å². The van der Waals surface area contributed by atoms with Gasteiger partial charge in [0.2, 0.25) is 0 Å². The molecule has 0 bridgehead atoms. The van der Waals surface area contributed by atoms with Crippen molar-refractivity contribution in [2.24, 2.45) is 10.1 Å². The third-order valence-electron chi connectivity index (χ3n) is 2.94. The molecule has 0 radical (unpaired) electrons. The van der Waals surface area contributed by atoms with Crippen LogP contribution in [0.25, 0.3) is 0 Å². The maximum atomic E-state index is 9.14. The minimum Gasteiger partial charge on any atom is -0.494 e. The maximum absolute atomic E-state index is 9.14. The van der Waals surface area contributed by atoms with E-state index in [0.29, 0.717) is 12.3 Å². The average Bonchev–Trinajstić information content (AvgIpc) is 2.51. The second kappa shape index (κ2) is 7.24. The van der Waals surface area contributed by atoms with Crippen LogP contribution in [-0.2, 0) is 0 Å². The first kappa shape index (κ1) is 14.8. The van der Waals surface area contributed by atoms with Gasteiger partial charge in [-0.2, -0.15) is 0 Å². The molecular formula is C17H18N2O2. The second-order valence-corrected chi connectivity index (χ2v) is 4.54. The van der Waals surface area contributed by atoms with Gasteiger partial charge in [0.15, 0.2) is 0 Å². The number of nitrogens with zero attached hydrogens (tertiary/aromatic N) is 2. The summed E-state index contributed by atoms with van der Waals surface area (Å²) in [5.41, 5.74) is 3.17. The Hall–Kier alpha value is -2.62. The first-order chi connectivity index (χ1) is 10.2. The number of ether oxygens (including phenoxy) is 1. The van der Waals surface area contributed by atoms with E-state index >= 15 is 0 Å². The van der Waals surface area contributed by atoms with Gasteiger partial charge < -0.3 is 9.94 Å². The minimum absolute atomic E-state index is 0.402. The average molecular weight is 282 g/mol. The van der Waals surface area contributed by atoms with Gasteiger partial charge in [-0.25, -0.2) is 0 Å². The molecule has 0 heterocycles. The molecule has 0 aliphatic heterocycles. The molecule has 2 aromatic carbocycles. The lowest BCUT2D eigenvalue weighted by Crippen LogP contribution is -2.02. The Morgan fingerprint density at radius 2 is 1.76 bits per heavy atom. The summed E-state index contributed by atoms with van der Waals surface area (Å²) in [7, 11) is 0. The van der Waals surface area contributed by atoms with Gasteiger partial charge in [0.1, 0.15) is 11.5 Å². The van der Waals surface area contributed by atoms with Crippen LogP contribution in [0.2, 0.25) is 0 Å². The van der Waals surface area contributed by atoms with Crippen molar-refractivity contribution in [3.63, 3.8) is 0 Å². The van der Waals surface area contributed by atoms with Crippen molar-refractivity contribution >= 4 is 17.6 Å². The van der Waals surface area contributed by atoms with Gasteiger partial charge in [0.05, 0.1) is 18.5 Å². The molecule has 0 saturated heterocycles. The number of benzene rings is 2. The van der Waals surface area contributed by atoms with Gasteiger partial charge in [0.25, 0.3) is 0 Å². The molecule has 4 nitrogen and oxygen atoms in total. The van der Waals surface area contributed by atoms with Gasteiger partial charge >= 0.3 is 0 Å². The Morgan fingerprint density at radius 1 is 1.10 bits per heavy atom. The molecule has 0 atom stereocenters. The standard InChI is InChI=1S/C17H18N2O2/c1-3-21-16-10-6-14(7-11-16)17(19-20)12-18-15-8-4-13(2)5-9-15/h4-12,20H,3H2,1-2H3/b18-12?,19-17+. The van der Waals surface area contributed by atoms with E-state index in [-0.39, 0.29) is 0 Å². The first-order valence-electron chi connectivity index (χ1n) is 6.79. The molecule has 0 spiro atoms. The van der Waals surface area contributed by atoms with Crippen LogP contribution in [0.1, 0.15) is 18.1 Å². The fourth-order valence-corrected chi connectivity index (χ4v) is 1.81. The number of hydrogen-bond acceptors (Lipinski definition) is 4. The van der Waals surface area contributed by atoms with Gasteiger partial charge in [-0.05, 0) is 50.2 Å². The molecule has 2 rings (SSSR count). The van der Waals surface area contributed by atoms with Crippen molar-refractivity contribution in [2.45, 2.75) is 13.8 Å². The van der Waals surface area contributed by atoms with Gasteiger partial charge in [-0.15, -0.1) is 0 Å². The highest BCUT2D eigenvalue weighted by molar-refractivity contribution is 6.38. The summed E-state index contributed by atoms with van der Waals surface area (Å²) in [5, 5.41) is 12.4. The van der Waals surface area contributed by atoms with Crippen molar-refractivity contribution in [2.75, 3.05) is 6.61 Å². The third kappa shape index (κ3) is 4.18. The maximum Gasteiger partial charge on any atom is 0.128 e. The van der Waals surface area contributed by atoms with Gasteiger partial charge in [-0.1, -0.05) is 22.9 Å². The van der Waals surface area contributed by atoms with Crippen LogP contribution in [0.15, 0.2) is 58.7 Å². The first-order valence-corrected chi connectivity index (χ1v) is 6.79. The summed E-state index contributed by atoms with van der Waals surface area (Å²) in [4.78, 5) is 4.31. The van der Waals surface area contributed by atoms with Crippen LogP contribution in [0, 0.1) is 6.92 Å². The van der Waals surface area contributed by atoms with E-state index in [0.717, 1.165) is 17.0 Å². The fourth-order valence-electron chi connectivity index (χ4n) is 1.81. The molecule has 0 unspecified atom stereocenters. The smallest absolute Gasteiger partial charge is 0.128 e. The highest BCUT2D eigenvalue weighted by Gasteiger charge is 2.02. The highest BCUT2D eigenvalue weighted by atomic mass is 16.5. The van der Waals surface area contributed by atoms with Crippen LogP contribution in [0.5, 0.6) is 5.75 Å². The van der Waals surface area contributed by atoms with Crippen LogP contribution >= 0.6 is 0 Å². The van der Waals surface area contributed by atoms with Crippen LogP contribution in [0.4, 0.5) is 5.69 Å². The van der Waals surface area contributed by atoms with E-state index in [1.807, 2.05) is 62.4 Å². The van der Waals surface area contributed by atoms with Crippen molar-refractivity contribution in [3.05, 3.63) is 59.7 Å². The molecule has 108 valence electrons. The fraction of sp³-hybridized carbons (Fsp3) is 0.176. The van der Waals surface area contributed by atoms with Gasteiger partial charge in [0, 0.05) is 5.56 Å². The zero-order valence-corrected chi connectivity index (χ0v) is 12.2. The molecule has 0 saturated carbocycles. The third-order valence-corrected chi connectivity index (χ3v) is 2.94. The molecule has 1 N–H and O–H groups in total. The number of aryl methyl sites for hydroxylation is 1. The van der Waals surface area contributed by atoms with Crippen molar-refractivity contribution in [3.8, 4) is 5.75 Å². The molecule has 2 aromatic rings. The summed E-state index contributed by atoms with van der Waals surface area (Å²) in [6.45, 7) is 4.58. The molecule has 4 heteroatoms. The Kier molecular flexibility index (Phi) is 5.10. The van der Waals surface area contributed by atoms with Crippen molar-refractivity contribution in [1.29, 1.82) is 0 Å². The van der Waals surface area contributed by atoms with Crippen LogP contribution in [-0.4, -0.2) is 23.7 Å². The zero-order chi connectivity index (χ0) is 15.1. The summed E-state index contributed by atoms with van der Waals surface area (Å²) in [6.07, 6.45) is 1.54. The van der Waals surface area contributed by atoms with Crippen LogP contribution in [0.3, 0.4) is 0 Å². The van der Waals surface area contributed by atoms with Gasteiger partial charge in [-0.3, -0.25) is 4.99 Å². The van der Waals surface area contributed by atoms with E-state index in [2.05, 4.69) is 10.1 Å². The summed E-state index contributed by atoms with van der Waals surface area (Å²) in [5.74, 6) is 0.786. The van der Waals surface area contributed by atoms with E-state index < -0.39 is 0 Å². The largest absolute Gasteiger partial charge is 0.494 e. The number of aliphatic imine (C=N–C) groups is 1. The van der Waals surface area contributed by atoms with E-state index in [1.165, 1.54) is 5.56 Å². The monoisotopic (exact) mass is 282 g/mol. The zero-order valence-electron chi connectivity index (χ0n) is 12.2. The second-order valence-electron chi connectivity index (χ2n) is 4.54. The number of oxime groups is 1. The SMILES string of the molecule is CCOc1ccc(/C(C=Nc2ccc(C)cc2)=N/O)cc1. The van der Waals surface area contributed by atoms with E-state index in [9.17, 15) is 0 Å². The lowest BCUT2D eigenvalue weighted by molar-refractivity contribution is 0.320. The van der Waals surface area contributed by atoms with Crippen LogP contribution < -0.4 is 4.74 Å². The minimum atomic E-state index is 0.402. The van der Waals surface area contributed by atoms with E-state index in [4.69, 9.17) is 9.94 Å². The Labute approximate surface area is 124 Å². The number of hydrogen-bond donors (Lipinski definition) is 1. The predicted octanol–water partition coefficient (Wildman–Crippen LogP) is 3.97. The van der Waals surface area contributed by atoms with E-state index in [1.54, 1.807) is 6.21 Å². The normalized spacial score (nSPS) is 11.8. The molecule has 0 fully saturated rings. The Bertz CT molecular complexity index is 629. The quantitative estimate of drug-likeness (QED) is 0.512.